The van der Waals surface area contributed by atoms with Gasteiger partial charge in [-0.2, -0.15) is 0 Å². The van der Waals surface area contributed by atoms with Crippen molar-refractivity contribution in [3.8, 4) is 0 Å². The summed E-state index contributed by atoms with van der Waals surface area (Å²) in [6, 6.07) is 12.7. The monoisotopic (exact) mass is 315 g/mol. The van der Waals surface area contributed by atoms with Gasteiger partial charge in [-0.3, -0.25) is 4.79 Å². The Morgan fingerprint density at radius 1 is 1.04 bits per heavy atom. The Kier molecular flexibility index (Phi) is 4.42. The smallest absolute Gasteiger partial charge is 0.226 e. The highest BCUT2D eigenvalue weighted by molar-refractivity contribution is 5.82. The molecular weight excluding hydrogens is 296 g/mol. The Labute approximate surface area is 134 Å². The second kappa shape index (κ2) is 6.49. The number of rotatable bonds is 5. The van der Waals surface area contributed by atoms with Crippen LogP contribution in [0.2, 0.25) is 0 Å². The summed E-state index contributed by atoms with van der Waals surface area (Å²) in [6.07, 6.45) is 1.53. The minimum absolute atomic E-state index is 0.00122. The SMILES string of the molecule is CN(CCc1ccc(F)cc1)C(=O)C1CC1c1ccc(F)cc1. The number of hydrogen-bond acceptors (Lipinski definition) is 1. The molecule has 0 aromatic heterocycles. The standard InChI is InChI=1S/C19H19F2NO/c1-22(11-10-13-2-6-15(20)7-3-13)19(23)18-12-17(18)14-4-8-16(21)9-5-14/h2-9,17-18H,10-12H2,1H3. The molecule has 0 heterocycles. The summed E-state index contributed by atoms with van der Waals surface area (Å²) >= 11 is 0. The molecule has 1 aliphatic carbocycles. The van der Waals surface area contributed by atoms with Gasteiger partial charge in [0.2, 0.25) is 5.91 Å². The van der Waals surface area contributed by atoms with Crippen molar-refractivity contribution >= 4 is 5.91 Å². The molecule has 23 heavy (non-hydrogen) atoms. The van der Waals surface area contributed by atoms with E-state index < -0.39 is 0 Å². The van der Waals surface area contributed by atoms with Crippen LogP contribution in [0.4, 0.5) is 8.78 Å². The number of halogens is 2. The van der Waals surface area contributed by atoms with Crippen molar-refractivity contribution < 1.29 is 13.6 Å². The highest BCUT2D eigenvalue weighted by Gasteiger charge is 2.44. The summed E-state index contributed by atoms with van der Waals surface area (Å²) < 4.78 is 25.8. The van der Waals surface area contributed by atoms with Crippen LogP contribution in [-0.2, 0) is 11.2 Å². The van der Waals surface area contributed by atoms with Crippen LogP contribution in [0.15, 0.2) is 48.5 Å². The molecule has 0 aliphatic heterocycles. The Balaban J connectivity index is 1.52. The van der Waals surface area contributed by atoms with E-state index in [1.807, 2.05) is 0 Å². The van der Waals surface area contributed by atoms with Crippen molar-refractivity contribution in [3.05, 3.63) is 71.3 Å². The summed E-state index contributed by atoms with van der Waals surface area (Å²) in [4.78, 5) is 14.2. The van der Waals surface area contributed by atoms with Crippen molar-refractivity contribution in [3.63, 3.8) is 0 Å². The molecule has 3 rings (SSSR count). The molecule has 1 saturated carbocycles. The number of nitrogens with zero attached hydrogens (tertiary/aromatic N) is 1. The van der Waals surface area contributed by atoms with E-state index in [0.717, 1.165) is 17.5 Å². The Hall–Kier alpha value is -2.23. The van der Waals surface area contributed by atoms with E-state index in [1.54, 1.807) is 36.2 Å². The number of carbonyl (C=O) groups excluding carboxylic acids is 1. The molecule has 1 amide bonds. The topological polar surface area (TPSA) is 20.3 Å². The summed E-state index contributed by atoms with van der Waals surface area (Å²) in [5, 5.41) is 0. The van der Waals surface area contributed by atoms with Gasteiger partial charge >= 0.3 is 0 Å². The molecule has 2 aromatic carbocycles. The summed E-state index contributed by atoms with van der Waals surface area (Å²) in [6.45, 7) is 0.608. The van der Waals surface area contributed by atoms with Crippen LogP contribution in [-0.4, -0.2) is 24.4 Å². The zero-order chi connectivity index (χ0) is 16.4. The molecule has 0 saturated heterocycles. The van der Waals surface area contributed by atoms with Gasteiger partial charge in [-0.25, -0.2) is 8.78 Å². The van der Waals surface area contributed by atoms with Crippen molar-refractivity contribution in [2.45, 2.75) is 18.8 Å². The molecule has 1 aliphatic rings. The van der Waals surface area contributed by atoms with Gasteiger partial charge in [-0.1, -0.05) is 24.3 Å². The number of amides is 1. The van der Waals surface area contributed by atoms with Crippen LogP contribution in [0.25, 0.3) is 0 Å². The lowest BCUT2D eigenvalue weighted by Crippen LogP contribution is -2.30. The number of hydrogen-bond donors (Lipinski definition) is 0. The maximum absolute atomic E-state index is 12.9. The number of likely N-dealkylation sites (N-methyl/N-ethyl adjacent to an activating group) is 1. The molecule has 2 aromatic rings. The molecule has 0 bridgehead atoms. The zero-order valence-electron chi connectivity index (χ0n) is 13.0. The van der Waals surface area contributed by atoms with E-state index in [-0.39, 0.29) is 29.4 Å². The van der Waals surface area contributed by atoms with Gasteiger partial charge in [0.15, 0.2) is 0 Å². The van der Waals surface area contributed by atoms with Crippen molar-refractivity contribution in [2.24, 2.45) is 5.92 Å². The first kappa shape index (κ1) is 15.7. The fourth-order valence-corrected chi connectivity index (χ4v) is 2.89. The third-order valence-corrected chi connectivity index (χ3v) is 4.43. The van der Waals surface area contributed by atoms with Gasteiger partial charge in [-0.15, -0.1) is 0 Å². The molecule has 2 atom stereocenters. The van der Waals surface area contributed by atoms with Crippen LogP contribution in [0.3, 0.4) is 0 Å². The first-order chi connectivity index (χ1) is 11.0. The van der Waals surface area contributed by atoms with E-state index in [2.05, 4.69) is 0 Å². The maximum atomic E-state index is 12.9. The minimum Gasteiger partial charge on any atom is -0.345 e. The largest absolute Gasteiger partial charge is 0.345 e. The van der Waals surface area contributed by atoms with Crippen LogP contribution in [0.5, 0.6) is 0 Å². The van der Waals surface area contributed by atoms with Gasteiger partial charge < -0.3 is 4.90 Å². The predicted molar refractivity (Wildman–Crippen MR) is 85.0 cm³/mol. The normalized spacial score (nSPS) is 19.4. The molecule has 4 heteroatoms. The second-order valence-corrected chi connectivity index (χ2v) is 6.14. The Morgan fingerprint density at radius 2 is 1.61 bits per heavy atom. The van der Waals surface area contributed by atoms with E-state index >= 15 is 0 Å². The molecule has 0 radical (unpaired) electrons. The van der Waals surface area contributed by atoms with Crippen LogP contribution < -0.4 is 0 Å². The number of benzene rings is 2. The van der Waals surface area contributed by atoms with Crippen molar-refractivity contribution in [2.75, 3.05) is 13.6 Å². The van der Waals surface area contributed by atoms with Crippen LogP contribution >= 0.6 is 0 Å². The van der Waals surface area contributed by atoms with Gasteiger partial charge in [0.25, 0.3) is 0 Å². The Morgan fingerprint density at radius 3 is 2.22 bits per heavy atom. The third kappa shape index (κ3) is 3.76. The molecule has 0 spiro atoms. The first-order valence-corrected chi connectivity index (χ1v) is 7.79. The quantitative estimate of drug-likeness (QED) is 0.822. The molecule has 2 nitrogen and oxygen atoms in total. The van der Waals surface area contributed by atoms with Crippen molar-refractivity contribution in [1.29, 1.82) is 0 Å². The van der Waals surface area contributed by atoms with Crippen LogP contribution in [0.1, 0.15) is 23.5 Å². The van der Waals surface area contributed by atoms with Gasteiger partial charge in [-0.05, 0) is 54.2 Å². The second-order valence-electron chi connectivity index (χ2n) is 6.14. The summed E-state index contributed by atoms with van der Waals surface area (Å²) in [5.74, 6) is -0.177. The molecule has 2 unspecified atom stereocenters. The third-order valence-electron chi connectivity index (χ3n) is 4.43. The van der Waals surface area contributed by atoms with Crippen LogP contribution in [0, 0.1) is 17.6 Å². The lowest BCUT2D eigenvalue weighted by molar-refractivity contribution is -0.131. The average molecular weight is 315 g/mol. The maximum Gasteiger partial charge on any atom is 0.226 e. The van der Waals surface area contributed by atoms with Gasteiger partial charge in [0.05, 0.1) is 0 Å². The molecular formula is C19H19F2NO. The lowest BCUT2D eigenvalue weighted by Gasteiger charge is -2.17. The molecule has 120 valence electrons. The minimum atomic E-state index is -0.256. The van der Waals surface area contributed by atoms with E-state index in [1.165, 1.54) is 24.3 Å². The summed E-state index contributed by atoms with van der Waals surface area (Å²) in [7, 11) is 1.80. The molecule has 1 fully saturated rings. The fourth-order valence-electron chi connectivity index (χ4n) is 2.89. The highest BCUT2D eigenvalue weighted by atomic mass is 19.1. The van der Waals surface area contributed by atoms with Gasteiger partial charge in [0, 0.05) is 19.5 Å². The van der Waals surface area contributed by atoms with E-state index in [4.69, 9.17) is 0 Å². The number of carbonyl (C=O) groups is 1. The highest BCUT2D eigenvalue weighted by Crippen LogP contribution is 2.48. The van der Waals surface area contributed by atoms with Gasteiger partial charge in [0.1, 0.15) is 11.6 Å². The lowest BCUT2D eigenvalue weighted by atomic mass is 10.1. The Bertz CT molecular complexity index is 682. The summed E-state index contributed by atoms with van der Waals surface area (Å²) in [5.41, 5.74) is 2.04. The first-order valence-electron chi connectivity index (χ1n) is 7.79. The fraction of sp³-hybridized carbons (Fsp3) is 0.316. The predicted octanol–water partition coefficient (Wildman–Crippen LogP) is 3.77. The van der Waals surface area contributed by atoms with E-state index in [9.17, 15) is 13.6 Å². The zero-order valence-corrected chi connectivity index (χ0v) is 13.0. The van der Waals surface area contributed by atoms with Crippen molar-refractivity contribution in [1.82, 2.24) is 4.90 Å². The molecule has 0 N–H and O–H groups in total. The average Bonchev–Trinajstić information content (AvgIpc) is 3.34. The van der Waals surface area contributed by atoms with E-state index in [0.29, 0.717) is 13.0 Å².